The number of hydrogen-bond acceptors (Lipinski definition) is 4. The second kappa shape index (κ2) is 30.4. The van der Waals surface area contributed by atoms with E-state index in [1.54, 1.807) is 5.16 Å². The van der Waals surface area contributed by atoms with Gasteiger partial charge < -0.3 is 0 Å². The first kappa shape index (κ1) is 8.95. The van der Waals surface area contributed by atoms with Crippen LogP contribution in [0.3, 0.4) is 0 Å². The van der Waals surface area contributed by atoms with E-state index in [0.717, 1.165) is 6.08 Å². The minimum Gasteiger partial charge on any atom is -0.248 e. The predicted octanol–water partition coefficient (Wildman–Crippen LogP) is 0.569. The molecular weight excluding hydrogens is 100 g/mol. The third-order valence-electron chi connectivity index (χ3n) is 0. The van der Waals surface area contributed by atoms with Gasteiger partial charge in [0.1, 0.15) is 0 Å². The molecule has 4 heteroatoms. The summed E-state index contributed by atoms with van der Waals surface area (Å²) in [6, 6.07) is 0. The fraction of sp³-hybridized carbons (Fsp3) is 0. The Morgan fingerprint density at radius 1 is 1.50 bits per heavy atom. The zero-order valence-electron chi connectivity index (χ0n) is 2.82. The van der Waals surface area contributed by atoms with Crippen LogP contribution in [0.4, 0.5) is 0 Å². The van der Waals surface area contributed by atoms with Crippen LogP contribution in [0.2, 0.25) is 0 Å². The van der Waals surface area contributed by atoms with Crippen LogP contribution in [0.15, 0.2) is 0 Å². The molecule has 3 nitrogen and oxygen atoms in total. The Bertz CT molecular complexity index is 65.5. The van der Waals surface area contributed by atoms with Gasteiger partial charge in [-0.3, -0.25) is 0 Å². The second-order valence-corrected chi connectivity index (χ2v) is 0.408. The minimum absolute atomic E-state index is 0.750. The predicted molar refractivity (Wildman–Crippen MR) is 23.7 cm³/mol. The molecule has 0 aromatic rings. The maximum absolute atomic E-state index is 8.35. The van der Waals surface area contributed by atoms with E-state index < -0.39 is 0 Å². The van der Waals surface area contributed by atoms with Gasteiger partial charge in [0.25, 0.3) is 0 Å². The highest BCUT2D eigenvalue weighted by atomic mass is 32.1. The summed E-state index contributed by atoms with van der Waals surface area (Å²) in [7, 11) is 0. The van der Waals surface area contributed by atoms with E-state index in [4.69, 9.17) is 15.6 Å². The first-order chi connectivity index (χ1) is 2.83. The summed E-state index contributed by atoms with van der Waals surface area (Å²) in [5.74, 6) is 0. The molecule has 0 radical (unpaired) electrons. The molecule has 0 aliphatic heterocycles. The molecule has 0 aliphatic carbocycles. The van der Waals surface area contributed by atoms with Crippen molar-refractivity contribution in [2.75, 3.05) is 0 Å². The first-order valence-corrected chi connectivity index (χ1v) is 1.32. The fourth-order valence-electron chi connectivity index (χ4n) is 0. The van der Waals surface area contributed by atoms with Gasteiger partial charge in [-0.05, 0) is 12.2 Å². The van der Waals surface area contributed by atoms with Crippen LogP contribution in [-0.2, 0) is 4.79 Å². The van der Waals surface area contributed by atoms with Crippen LogP contribution in [0.1, 0.15) is 0 Å². The van der Waals surface area contributed by atoms with Gasteiger partial charge in [-0.15, -0.1) is 0 Å². The standard InChI is InChI=1S/CHNO.CHNS/c2*2-1-3/h2*2H. The first-order valence-electron chi connectivity index (χ1n) is 0.908. The van der Waals surface area contributed by atoms with Gasteiger partial charge in [0.15, 0.2) is 0 Å². The van der Waals surface area contributed by atoms with E-state index >= 15 is 0 Å². The number of rotatable bonds is 0. The topological polar surface area (TPSA) is 64.8 Å². The number of hydrogen-bond donors (Lipinski definition) is 2. The van der Waals surface area contributed by atoms with Gasteiger partial charge in [0.05, 0.1) is 5.16 Å². The zero-order chi connectivity index (χ0) is 5.41. The average Bonchev–Trinajstić information content (AvgIpc) is 1.39. The highest BCUT2D eigenvalue weighted by Gasteiger charge is 1.03. The Balaban J connectivity index is 0. The molecule has 6 heavy (non-hydrogen) atoms. The maximum Gasteiger partial charge on any atom is 0.231 e. The Morgan fingerprint density at radius 3 is 1.50 bits per heavy atom. The molecule has 0 saturated carbocycles. The lowest BCUT2D eigenvalue weighted by atomic mass is 11.7. The van der Waals surface area contributed by atoms with Crippen molar-refractivity contribution in [2.24, 2.45) is 0 Å². The molecule has 32 valence electrons. The minimum atomic E-state index is 0.750. The van der Waals surface area contributed by atoms with Crippen LogP contribution in [0, 0.1) is 10.8 Å². The van der Waals surface area contributed by atoms with E-state index in [9.17, 15) is 0 Å². The summed E-state index contributed by atoms with van der Waals surface area (Å²) in [4.78, 5) is 8.35. The lowest BCUT2D eigenvalue weighted by molar-refractivity contribution is 0.563. The van der Waals surface area contributed by atoms with Crippen molar-refractivity contribution in [3.05, 3.63) is 0 Å². The molecular formula is C2H2N2OS. The number of thiocarbonyl (C=S) groups is 1. The lowest BCUT2D eigenvalue weighted by Crippen LogP contribution is -1.16. The number of carbonyl (C=O) groups excluding carboxylic acids is 1. The van der Waals surface area contributed by atoms with Gasteiger partial charge in [0.2, 0.25) is 6.08 Å². The number of isothiocyanates is 1. The Morgan fingerprint density at radius 2 is 1.50 bits per heavy atom. The van der Waals surface area contributed by atoms with Crippen molar-refractivity contribution in [3.8, 4) is 0 Å². The van der Waals surface area contributed by atoms with Crippen LogP contribution < -0.4 is 0 Å². The largest absolute Gasteiger partial charge is 0.248 e. The molecule has 2 N–H and O–H groups in total. The average molecular weight is 102 g/mol. The summed E-state index contributed by atoms with van der Waals surface area (Å²) in [5, 5.41) is 12.8. The van der Waals surface area contributed by atoms with Crippen LogP contribution in [0.25, 0.3) is 0 Å². The fourth-order valence-corrected chi connectivity index (χ4v) is 0. The lowest BCUT2D eigenvalue weighted by Gasteiger charge is -1.05. The smallest absolute Gasteiger partial charge is 0.231 e. The van der Waals surface area contributed by atoms with E-state index in [1.165, 1.54) is 0 Å². The number of isocyanates is 1. The third kappa shape index (κ3) is 22.5. The van der Waals surface area contributed by atoms with Crippen LogP contribution in [0.5, 0.6) is 0 Å². The van der Waals surface area contributed by atoms with E-state index in [-0.39, 0.29) is 0 Å². The van der Waals surface area contributed by atoms with Crippen LogP contribution >= 0.6 is 12.2 Å². The second-order valence-electron chi connectivity index (χ2n) is 0.204. The van der Waals surface area contributed by atoms with Crippen molar-refractivity contribution in [2.45, 2.75) is 0 Å². The normalized spacial score (nSPS) is 2.67. The van der Waals surface area contributed by atoms with Gasteiger partial charge in [-0.1, -0.05) is 0 Å². The molecule has 0 aliphatic rings. The van der Waals surface area contributed by atoms with Gasteiger partial charge in [-0.2, -0.15) is 0 Å². The summed E-state index contributed by atoms with van der Waals surface area (Å²) in [5.41, 5.74) is 0. The highest BCUT2D eigenvalue weighted by molar-refractivity contribution is 7.78. The molecule has 0 amide bonds. The number of nitrogens with one attached hydrogen (secondary N) is 2. The molecule has 0 unspecified atom stereocenters. The summed E-state index contributed by atoms with van der Waals surface area (Å²) >= 11 is 3.81. The van der Waals surface area contributed by atoms with E-state index in [2.05, 4.69) is 12.2 Å². The monoisotopic (exact) mass is 102 g/mol. The summed E-state index contributed by atoms with van der Waals surface area (Å²) in [6.07, 6.45) is 0.750. The quantitative estimate of drug-likeness (QED) is 0.267. The van der Waals surface area contributed by atoms with Gasteiger partial charge in [-0.25, -0.2) is 15.6 Å². The summed E-state index contributed by atoms with van der Waals surface area (Å²) < 4.78 is 0. The molecule has 0 saturated heterocycles. The molecule has 0 heterocycles. The van der Waals surface area contributed by atoms with Crippen LogP contribution in [-0.4, -0.2) is 11.2 Å². The van der Waals surface area contributed by atoms with E-state index in [1.807, 2.05) is 0 Å². The zero-order valence-corrected chi connectivity index (χ0v) is 3.63. The Hall–Kier alpha value is -0.820. The molecule has 0 aromatic carbocycles. The van der Waals surface area contributed by atoms with Crippen molar-refractivity contribution >= 4 is 23.5 Å². The Labute approximate surface area is 40.0 Å². The molecule has 0 rings (SSSR count). The molecule has 0 fully saturated rings. The molecule has 0 bridgehead atoms. The van der Waals surface area contributed by atoms with Crippen molar-refractivity contribution in [1.29, 1.82) is 10.8 Å². The Kier molecular flexibility index (Phi) is 45.3. The van der Waals surface area contributed by atoms with Crippen molar-refractivity contribution in [3.63, 3.8) is 0 Å². The highest BCUT2D eigenvalue weighted by Crippen LogP contribution is 1.16. The molecule has 0 aromatic heterocycles. The van der Waals surface area contributed by atoms with Crippen molar-refractivity contribution in [1.82, 2.24) is 0 Å². The third-order valence-corrected chi connectivity index (χ3v) is 0. The maximum atomic E-state index is 8.35. The van der Waals surface area contributed by atoms with E-state index in [0.29, 0.717) is 0 Å². The summed E-state index contributed by atoms with van der Waals surface area (Å²) in [6.45, 7) is 0. The molecule has 0 spiro atoms. The van der Waals surface area contributed by atoms with Gasteiger partial charge in [0, 0.05) is 0 Å². The SMILES string of the molecule is N=C=O.N=C=S. The van der Waals surface area contributed by atoms with Gasteiger partial charge >= 0.3 is 0 Å². The molecule has 0 atom stereocenters. The van der Waals surface area contributed by atoms with Crippen molar-refractivity contribution < 1.29 is 4.79 Å².